The Morgan fingerprint density at radius 1 is 1.39 bits per heavy atom. The highest BCUT2D eigenvalue weighted by Crippen LogP contribution is 2.30. The molecule has 0 saturated carbocycles. The molecule has 1 heterocycles. The average Bonchev–Trinajstić information content (AvgIpc) is 2.95. The van der Waals surface area contributed by atoms with Gasteiger partial charge in [0.15, 0.2) is 6.61 Å². The summed E-state index contributed by atoms with van der Waals surface area (Å²) in [5, 5.41) is 6.82. The van der Waals surface area contributed by atoms with Crippen LogP contribution in [-0.2, 0) is 24.1 Å². The first-order valence-electron chi connectivity index (χ1n) is 8.14. The summed E-state index contributed by atoms with van der Waals surface area (Å²) in [6.45, 7) is 4.25. The minimum atomic E-state index is -0.234. The zero-order valence-corrected chi connectivity index (χ0v) is 13.6. The lowest BCUT2D eigenvalue weighted by Crippen LogP contribution is -2.21. The number of rotatable bonds is 5. The minimum Gasteiger partial charge on any atom is -0.484 e. The second-order valence-electron chi connectivity index (χ2n) is 6.12. The SMILES string of the molecule is CCc1ccc(OCC(=O)Nc2onc3c2C[C@@H](C)CC3)cc1. The van der Waals surface area contributed by atoms with Gasteiger partial charge in [0.2, 0.25) is 5.88 Å². The quantitative estimate of drug-likeness (QED) is 0.919. The summed E-state index contributed by atoms with van der Waals surface area (Å²) < 4.78 is 10.8. The molecule has 0 bridgehead atoms. The van der Waals surface area contributed by atoms with E-state index in [0.717, 1.165) is 36.9 Å². The first-order valence-corrected chi connectivity index (χ1v) is 8.14. The van der Waals surface area contributed by atoms with Gasteiger partial charge in [-0.1, -0.05) is 31.1 Å². The van der Waals surface area contributed by atoms with Gasteiger partial charge in [0.1, 0.15) is 5.75 Å². The Morgan fingerprint density at radius 2 is 2.17 bits per heavy atom. The predicted molar refractivity (Wildman–Crippen MR) is 87.6 cm³/mol. The molecule has 1 aromatic heterocycles. The fraction of sp³-hybridized carbons (Fsp3) is 0.444. The van der Waals surface area contributed by atoms with Gasteiger partial charge in [-0.15, -0.1) is 0 Å². The first-order chi connectivity index (χ1) is 11.2. The highest BCUT2D eigenvalue weighted by Gasteiger charge is 2.24. The van der Waals surface area contributed by atoms with Gasteiger partial charge >= 0.3 is 0 Å². The van der Waals surface area contributed by atoms with E-state index in [1.54, 1.807) is 0 Å². The van der Waals surface area contributed by atoms with Crippen molar-refractivity contribution >= 4 is 11.8 Å². The summed E-state index contributed by atoms with van der Waals surface area (Å²) in [7, 11) is 0. The number of benzene rings is 1. The molecular formula is C18H22N2O3. The maximum absolute atomic E-state index is 12.1. The van der Waals surface area contributed by atoms with Gasteiger partial charge < -0.3 is 9.26 Å². The lowest BCUT2D eigenvalue weighted by molar-refractivity contribution is -0.118. The highest BCUT2D eigenvalue weighted by atomic mass is 16.5. The fourth-order valence-electron chi connectivity index (χ4n) is 2.81. The molecule has 3 rings (SSSR count). The van der Waals surface area contributed by atoms with Gasteiger partial charge in [-0.05, 0) is 49.3 Å². The second kappa shape index (κ2) is 6.86. The van der Waals surface area contributed by atoms with Crippen LogP contribution < -0.4 is 10.1 Å². The van der Waals surface area contributed by atoms with Crippen molar-refractivity contribution in [2.45, 2.75) is 39.5 Å². The van der Waals surface area contributed by atoms with Gasteiger partial charge in [0, 0.05) is 5.56 Å². The molecule has 1 N–H and O–H groups in total. The highest BCUT2D eigenvalue weighted by molar-refractivity contribution is 5.91. The Balaban J connectivity index is 1.56. The first kappa shape index (κ1) is 15.6. The number of anilines is 1. The molecule has 0 radical (unpaired) electrons. The maximum Gasteiger partial charge on any atom is 0.264 e. The Bertz CT molecular complexity index is 676. The van der Waals surface area contributed by atoms with Crippen LogP contribution in [0.25, 0.3) is 0 Å². The molecular weight excluding hydrogens is 292 g/mol. The normalized spacial score (nSPS) is 16.7. The number of hydrogen-bond acceptors (Lipinski definition) is 4. The van der Waals surface area contributed by atoms with Crippen molar-refractivity contribution in [3.63, 3.8) is 0 Å². The molecule has 0 spiro atoms. The van der Waals surface area contributed by atoms with Crippen LogP contribution in [0.2, 0.25) is 0 Å². The third kappa shape index (κ3) is 3.73. The van der Waals surface area contributed by atoms with E-state index in [-0.39, 0.29) is 12.5 Å². The number of nitrogens with one attached hydrogen (secondary N) is 1. The molecule has 1 aromatic carbocycles. The van der Waals surface area contributed by atoms with Gasteiger partial charge in [-0.3, -0.25) is 10.1 Å². The smallest absolute Gasteiger partial charge is 0.264 e. The number of aryl methyl sites for hydroxylation is 2. The van der Waals surface area contributed by atoms with E-state index >= 15 is 0 Å². The van der Waals surface area contributed by atoms with Crippen molar-refractivity contribution in [2.24, 2.45) is 5.92 Å². The Hall–Kier alpha value is -2.30. The number of nitrogens with zero attached hydrogens (tertiary/aromatic N) is 1. The van der Waals surface area contributed by atoms with Crippen molar-refractivity contribution in [1.82, 2.24) is 5.16 Å². The van der Waals surface area contributed by atoms with Crippen LogP contribution in [0.3, 0.4) is 0 Å². The van der Waals surface area contributed by atoms with Crippen molar-refractivity contribution in [1.29, 1.82) is 0 Å². The van der Waals surface area contributed by atoms with Crippen LogP contribution in [0.4, 0.5) is 5.88 Å². The molecule has 2 aromatic rings. The van der Waals surface area contributed by atoms with E-state index in [0.29, 0.717) is 17.6 Å². The standard InChI is InChI=1S/C18H22N2O3/c1-3-13-5-7-14(8-6-13)22-11-17(21)19-18-15-10-12(2)4-9-16(15)20-23-18/h5-8,12H,3-4,9-11H2,1-2H3,(H,19,21)/t12-/m0/s1. The summed E-state index contributed by atoms with van der Waals surface area (Å²) in [6.07, 6.45) is 3.91. The number of fused-ring (bicyclic) bond motifs is 1. The second-order valence-corrected chi connectivity index (χ2v) is 6.12. The van der Waals surface area contributed by atoms with Crippen molar-refractivity contribution < 1.29 is 14.1 Å². The van der Waals surface area contributed by atoms with Gasteiger partial charge in [0.25, 0.3) is 5.91 Å². The molecule has 0 fully saturated rings. The third-order valence-corrected chi connectivity index (χ3v) is 4.25. The number of ether oxygens (including phenoxy) is 1. The summed E-state index contributed by atoms with van der Waals surface area (Å²) in [6, 6.07) is 7.76. The van der Waals surface area contributed by atoms with Crippen LogP contribution in [0.15, 0.2) is 28.8 Å². The van der Waals surface area contributed by atoms with Crippen LogP contribution in [0.1, 0.15) is 37.1 Å². The van der Waals surface area contributed by atoms with Crippen LogP contribution in [0.5, 0.6) is 5.75 Å². The molecule has 122 valence electrons. The number of carbonyl (C=O) groups is 1. The van der Waals surface area contributed by atoms with Crippen molar-refractivity contribution in [2.75, 3.05) is 11.9 Å². The summed E-state index contributed by atoms with van der Waals surface area (Å²) >= 11 is 0. The van der Waals surface area contributed by atoms with Crippen molar-refractivity contribution in [3.8, 4) is 5.75 Å². The molecule has 0 aliphatic heterocycles. The van der Waals surface area contributed by atoms with Gasteiger partial charge in [-0.25, -0.2) is 0 Å². The van der Waals surface area contributed by atoms with E-state index in [2.05, 4.69) is 24.3 Å². The lowest BCUT2D eigenvalue weighted by Gasteiger charge is -2.16. The molecule has 5 nitrogen and oxygen atoms in total. The number of amides is 1. The molecule has 1 atom stereocenters. The molecule has 5 heteroatoms. The van der Waals surface area contributed by atoms with E-state index in [4.69, 9.17) is 9.26 Å². The molecule has 1 aliphatic rings. The molecule has 0 saturated heterocycles. The average molecular weight is 314 g/mol. The zero-order chi connectivity index (χ0) is 16.2. The lowest BCUT2D eigenvalue weighted by atomic mass is 9.89. The minimum absolute atomic E-state index is 0.0451. The number of carbonyl (C=O) groups excluding carboxylic acids is 1. The third-order valence-electron chi connectivity index (χ3n) is 4.25. The molecule has 1 aliphatic carbocycles. The number of hydrogen-bond donors (Lipinski definition) is 1. The molecule has 1 amide bonds. The van der Waals surface area contributed by atoms with Crippen LogP contribution in [0, 0.1) is 5.92 Å². The Morgan fingerprint density at radius 3 is 2.91 bits per heavy atom. The van der Waals surface area contributed by atoms with E-state index in [1.165, 1.54) is 5.56 Å². The van der Waals surface area contributed by atoms with E-state index < -0.39 is 0 Å². The summed E-state index contributed by atoms with van der Waals surface area (Å²) in [5.74, 6) is 1.51. The maximum atomic E-state index is 12.1. The molecule has 23 heavy (non-hydrogen) atoms. The van der Waals surface area contributed by atoms with Crippen LogP contribution in [-0.4, -0.2) is 17.7 Å². The molecule has 0 unspecified atom stereocenters. The van der Waals surface area contributed by atoms with E-state index in [1.807, 2.05) is 24.3 Å². The topological polar surface area (TPSA) is 64.4 Å². The summed E-state index contributed by atoms with van der Waals surface area (Å²) in [5.41, 5.74) is 3.24. The monoisotopic (exact) mass is 314 g/mol. The Labute approximate surface area is 136 Å². The van der Waals surface area contributed by atoms with Crippen molar-refractivity contribution in [3.05, 3.63) is 41.1 Å². The largest absolute Gasteiger partial charge is 0.484 e. The zero-order valence-electron chi connectivity index (χ0n) is 13.6. The van der Waals surface area contributed by atoms with Crippen LogP contribution >= 0.6 is 0 Å². The van der Waals surface area contributed by atoms with Gasteiger partial charge in [0.05, 0.1) is 5.69 Å². The Kier molecular flexibility index (Phi) is 4.65. The fourth-order valence-corrected chi connectivity index (χ4v) is 2.81. The van der Waals surface area contributed by atoms with Gasteiger partial charge in [-0.2, -0.15) is 0 Å². The van der Waals surface area contributed by atoms with E-state index in [9.17, 15) is 4.79 Å². The predicted octanol–water partition coefficient (Wildman–Crippen LogP) is 3.38. The summed E-state index contributed by atoms with van der Waals surface area (Å²) in [4.78, 5) is 12.1. The number of aromatic nitrogens is 1.